The highest BCUT2D eigenvalue weighted by Crippen LogP contribution is 2.29. The Morgan fingerprint density at radius 1 is 1.44 bits per heavy atom. The first kappa shape index (κ1) is 7.11. The van der Waals surface area contributed by atoms with Crippen molar-refractivity contribution in [3.8, 4) is 0 Å². The summed E-state index contributed by atoms with van der Waals surface area (Å²) in [6.45, 7) is 6.39. The minimum Gasteiger partial charge on any atom is -0.340 e. The summed E-state index contributed by atoms with van der Waals surface area (Å²) in [7, 11) is 0. The van der Waals surface area contributed by atoms with Gasteiger partial charge >= 0.3 is 0 Å². The second-order valence-corrected chi connectivity index (χ2v) is 3.31. The van der Waals surface area contributed by atoms with E-state index >= 15 is 0 Å². The van der Waals surface area contributed by atoms with E-state index < -0.39 is 0 Å². The molecular weight excluding hydrogens is 108 g/mol. The molecule has 0 amide bonds. The highest BCUT2D eigenvalue weighted by molar-refractivity contribution is 4.72. The van der Waals surface area contributed by atoms with Crippen LogP contribution in [0.1, 0.15) is 39.0 Å². The van der Waals surface area contributed by atoms with Gasteiger partial charge in [0.05, 0.1) is 0 Å². The lowest BCUT2D eigenvalue weighted by Crippen LogP contribution is -2.12. The van der Waals surface area contributed by atoms with Gasteiger partial charge in [0.1, 0.15) is 0 Å². The van der Waals surface area contributed by atoms with Crippen LogP contribution in [0, 0.1) is 18.8 Å². The summed E-state index contributed by atoms with van der Waals surface area (Å²) in [5.74, 6) is 1.77. The van der Waals surface area contributed by atoms with Gasteiger partial charge in [-0.15, -0.1) is 0 Å². The summed E-state index contributed by atoms with van der Waals surface area (Å²) < 4.78 is 0. The average Bonchev–Trinajstić information content (AvgIpc) is 1.88. The van der Waals surface area contributed by atoms with Crippen LogP contribution in [0.3, 0.4) is 0 Å². The lowest BCUT2D eigenvalue weighted by atomic mass is 9.81. The lowest BCUT2D eigenvalue weighted by Gasteiger charge is -2.29. The van der Waals surface area contributed by atoms with Gasteiger partial charge in [-0.2, -0.15) is 5.92 Å². The van der Waals surface area contributed by atoms with Crippen LogP contribution >= 0.6 is 0 Å². The number of hydrogen-bond acceptors (Lipinski definition) is 0. The Bertz CT molecular complexity index is 76.1. The molecular formula is C9H17-. The van der Waals surface area contributed by atoms with Gasteiger partial charge in [0.15, 0.2) is 0 Å². The smallest absolute Gasteiger partial charge is 0.0439 e. The van der Waals surface area contributed by atoms with Crippen LogP contribution in [0.5, 0.6) is 0 Å². The second kappa shape index (κ2) is 3.24. The molecule has 0 aromatic heterocycles. The number of rotatable bonds is 1. The summed E-state index contributed by atoms with van der Waals surface area (Å²) in [6.07, 6.45) is 7.01. The Balaban J connectivity index is 2.23. The van der Waals surface area contributed by atoms with Gasteiger partial charge in [-0.3, -0.25) is 0 Å². The van der Waals surface area contributed by atoms with Crippen molar-refractivity contribution in [3.05, 3.63) is 6.92 Å². The van der Waals surface area contributed by atoms with Crippen LogP contribution < -0.4 is 0 Å². The third-order valence-corrected chi connectivity index (χ3v) is 2.47. The first-order chi connectivity index (χ1) is 4.33. The molecule has 0 aliphatic heterocycles. The molecule has 1 rings (SSSR count). The van der Waals surface area contributed by atoms with E-state index in [2.05, 4.69) is 13.8 Å². The quantitative estimate of drug-likeness (QED) is 0.472. The fourth-order valence-electron chi connectivity index (χ4n) is 1.77. The SMILES string of the molecule is [CH2-]C1CCCC(CC)C1. The van der Waals surface area contributed by atoms with Gasteiger partial charge < -0.3 is 6.92 Å². The Morgan fingerprint density at radius 3 is 2.67 bits per heavy atom. The highest BCUT2D eigenvalue weighted by atomic mass is 14.2. The van der Waals surface area contributed by atoms with E-state index in [1.165, 1.54) is 32.1 Å². The Morgan fingerprint density at radius 2 is 2.22 bits per heavy atom. The average molecular weight is 125 g/mol. The van der Waals surface area contributed by atoms with Crippen molar-refractivity contribution >= 4 is 0 Å². The largest absolute Gasteiger partial charge is 0.340 e. The van der Waals surface area contributed by atoms with Gasteiger partial charge in [0.25, 0.3) is 0 Å². The minimum absolute atomic E-state index is 0.767. The fourth-order valence-corrected chi connectivity index (χ4v) is 1.77. The van der Waals surface area contributed by atoms with Gasteiger partial charge in [-0.05, 0) is 5.92 Å². The van der Waals surface area contributed by atoms with Gasteiger partial charge in [-0.1, -0.05) is 39.0 Å². The van der Waals surface area contributed by atoms with Gasteiger partial charge in [-0.25, -0.2) is 0 Å². The molecule has 2 atom stereocenters. The normalized spacial score (nSPS) is 36.7. The summed E-state index contributed by atoms with van der Waals surface area (Å²) >= 11 is 0. The van der Waals surface area contributed by atoms with E-state index in [0.717, 1.165) is 11.8 Å². The van der Waals surface area contributed by atoms with Gasteiger partial charge in [0.2, 0.25) is 0 Å². The zero-order valence-electron chi connectivity index (χ0n) is 6.40. The topological polar surface area (TPSA) is 0 Å². The molecule has 0 saturated heterocycles. The molecule has 1 saturated carbocycles. The Labute approximate surface area is 58.7 Å². The predicted octanol–water partition coefficient (Wildman–Crippen LogP) is 3.04. The molecule has 9 heavy (non-hydrogen) atoms. The molecule has 1 aliphatic carbocycles. The summed E-state index contributed by atoms with van der Waals surface area (Å²) in [5, 5.41) is 0. The van der Waals surface area contributed by atoms with Gasteiger partial charge in [0, 0.05) is 0 Å². The van der Waals surface area contributed by atoms with Crippen LogP contribution in [0.2, 0.25) is 0 Å². The van der Waals surface area contributed by atoms with Crippen LogP contribution in [-0.4, -0.2) is 0 Å². The third kappa shape index (κ3) is 2.00. The van der Waals surface area contributed by atoms with Crippen molar-refractivity contribution in [1.82, 2.24) is 0 Å². The van der Waals surface area contributed by atoms with E-state index in [9.17, 15) is 0 Å². The molecule has 1 fully saturated rings. The first-order valence-corrected chi connectivity index (χ1v) is 4.16. The molecule has 0 heterocycles. The highest BCUT2D eigenvalue weighted by Gasteiger charge is 2.12. The van der Waals surface area contributed by atoms with E-state index in [4.69, 9.17) is 0 Å². The lowest BCUT2D eigenvalue weighted by molar-refractivity contribution is 0.296. The minimum atomic E-state index is 0.767. The van der Waals surface area contributed by atoms with Crippen molar-refractivity contribution in [1.29, 1.82) is 0 Å². The molecule has 0 bridgehead atoms. The van der Waals surface area contributed by atoms with Crippen LogP contribution in [0.25, 0.3) is 0 Å². The molecule has 0 heteroatoms. The van der Waals surface area contributed by atoms with Crippen LogP contribution in [0.15, 0.2) is 0 Å². The maximum Gasteiger partial charge on any atom is -0.0439 e. The monoisotopic (exact) mass is 125 g/mol. The van der Waals surface area contributed by atoms with Crippen molar-refractivity contribution in [2.75, 3.05) is 0 Å². The van der Waals surface area contributed by atoms with E-state index in [1.807, 2.05) is 0 Å². The third-order valence-electron chi connectivity index (χ3n) is 2.47. The molecule has 0 aromatic carbocycles. The maximum atomic E-state index is 4.10. The maximum absolute atomic E-state index is 4.10. The summed E-state index contributed by atoms with van der Waals surface area (Å²) in [4.78, 5) is 0. The van der Waals surface area contributed by atoms with Crippen LogP contribution in [0.4, 0.5) is 0 Å². The first-order valence-electron chi connectivity index (χ1n) is 4.16. The van der Waals surface area contributed by atoms with Crippen molar-refractivity contribution in [2.45, 2.75) is 39.0 Å². The molecule has 1 aliphatic rings. The molecule has 54 valence electrons. The van der Waals surface area contributed by atoms with Crippen LogP contribution in [-0.2, 0) is 0 Å². The molecule has 0 spiro atoms. The van der Waals surface area contributed by atoms with Crippen molar-refractivity contribution in [2.24, 2.45) is 11.8 Å². The molecule has 0 nitrogen and oxygen atoms in total. The summed E-state index contributed by atoms with van der Waals surface area (Å²) in [6, 6.07) is 0. The van der Waals surface area contributed by atoms with E-state index in [-0.39, 0.29) is 0 Å². The Kier molecular flexibility index (Phi) is 2.56. The zero-order valence-corrected chi connectivity index (χ0v) is 6.40. The number of hydrogen-bond donors (Lipinski definition) is 0. The molecule has 2 unspecified atom stereocenters. The molecule has 0 radical (unpaired) electrons. The fraction of sp³-hybridized carbons (Fsp3) is 0.889. The van der Waals surface area contributed by atoms with Crippen molar-refractivity contribution in [3.63, 3.8) is 0 Å². The van der Waals surface area contributed by atoms with E-state index in [1.54, 1.807) is 0 Å². The molecule has 0 N–H and O–H groups in total. The van der Waals surface area contributed by atoms with Crippen molar-refractivity contribution < 1.29 is 0 Å². The van der Waals surface area contributed by atoms with E-state index in [0.29, 0.717) is 0 Å². The second-order valence-electron chi connectivity index (χ2n) is 3.31. The Hall–Kier alpha value is 0. The zero-order chi connectivity index (χ0) is 6.69. The standard InChI is InChI=1S/C9H17/c1-3-9-6-4-5-8(2)7-9/h8-9H,2-7H2,1H3/q-1. The summed E-state index contributed by atoms with van der Waals surface area (Å²) in [5.41, 5.74) is 0. The predicted molar refractivity (Wildman–Crippen MR) is 41.1 cm³/mol. The molecule has 0 aromatic rings.